The van der Waals surface area contributed by atoms with E-state index < -0.39 is 0 Å². The molecule has 3 nitrogen and oxygen atoms in total. The van der Waals surface area contributed by atoms with Crippen molar-refractivity contribution in [2.45, 2.75) is 70.6 Å². The van der Waals surface area contributed by atoms with E-state index in [4.69, 9.17) is 0 Å². The average molecular weight is 279 g/mol. The minimum atomic E-state index is 0.543. The Morgan fingerprint density at radius 1 is 1.26 bits per heavy atom. The second-order valence-electron chi connectivity index (χ2n) is 6.15. The lowest BCUT2D eigenvalue weighted by molar-refractivity contribution is 0.0800. The van der Waals surface area contributed by atoms with Gasteiger partial charge in [-0.3, -0.25) is 4.90 Å². The van der Waals surface area contributed by atoms with Gasteiger partial charge >= 0.3 is 0 Å². The van der Waals surface area contributed by atoms with Gasteiger partial charge in [0.05, 0.1) is 10.7 Å². The zero-order valence-corrected chi connectivity index (χ0v) is 13.3. The highest BCUT2D eigenvalue weighted by Crippen LogP contribution is 2.43. The number of aromatic nitrogens is 1. The summed E-state index contributed by atoms with van der Waals surface area (Å²) in [5, 5.41) is 4.69. The molecule has 0 aromatic carbocycles. The summed E-state index contributed by atoms with van der Waals surface area (Å²) in [5.74, 6) is 0. The Labute approximate surface area is 120 Å². The lowest BCUT2D eigenvalue weighted by atomic mass is 9.95. The van der Waals surface area contributed by atoms with Gasteiger partial charge in [-0.05, 0) is 53.5 Å². The van der Waals surface area contributed by atoms with Gasteiger partial charge in [0, 0.05) is 29.0 Å². The van der Waals surface area contributed by atoms with Crippen molar-refractivity contribution in [3.8, 4) is 0 Å². The van der Waals surface area contributed by atoms with Gasteiger partial charge in [0.15, 0.2) is 0 Å². The van der Waals surface area contributed by atoms with Crippen LogP contribution in [0.1, 0.15) is 54.2 Å². The number of piperidine rings is 1. The van der Waals surface area contributed by atoms with Gasteiger partial charge < -0.3 is 5.32 Å². The minimum Gasteiger partial charge on any atom is -0.317 e. The van der Waals surface area contributed by atoms with Crippen LogP contribution in [0.2, 0.25) is 0 Å². The summed E-state index contributed by atoms with van der Waals surface area (Å²) in [4.78, 5) is 8.88. The maximum absolute atomic E-state index is 4.61. The van der Waals surface area contributed by atoms with E-state index in [-0.39, 0.29) is 0 Å². The normalized spacial score (nSPS) is 32.7. The van der Waals surface area contributed by atoms with Gasteiger partial charge in [0.2, 0.25) is 0 Å². The summed E-state index contributed by atoms with van der Waals surface area (Å²) < 4.78 is 0. The van der Waals surface area contributed by atoms with E-state index in [1.807, 2.05) is 11.3 Å². The van der Waals surface area contributed by atoms with E-state index in [1.54, 1.807) is 0 Å². The first-order valence-corrected chi connectivity index (χ1v) is 8.30. The molecule has 0 radical (unpaired) electrons. The number of hydrogen-bond donors (Lipinski definition) is 1. The molecule has 2 bridgehead atoms. The molecule has 1 aromatic heterocycles. The zero-order valence-electron chi connectivity index (χ0n) is 12.4. The van der Waals surface area contributed by atoms with Crippen LogP contribution in [0.25, 0.3) is 0 Å². The maximum Gasteiger partial charge on any atom is 0.0900 e. The third-order valence-electron chi connectivity index (χ3n) is 4.96. The topological polar surface area (TPSA) is 28.2 Å². The van der Waals surface area contributed by atoms with Crippen molar-refractivity contribution < 1.29 is 0 Å². The van der Waals surface area contributed by atoms with Crippen LogP contribution in [0.4, 0.5) is 0 Å². The zero-order chi connectivity index (χ0) is 13.6. The molecule has 0 aliphatic carbocycles. The molecule has 0 spiro atoms. The summed E-state index contributed by atoms with van der Waals surface area (Å²) in [6.45, 7) is 6.66. The Balaban J connectivity index is 1.81. The monoisotopic (exact) mass is 279 g/mol. The third-order valence-corrected chi connectivity index (χ3v) is 6.21. The molecule has 19 heavy (non-hydrogen) atoms. The van der Waals surface area contributed by atoms with Gasteiger partial charge in [-0.25, -0.2) is 4.98 Å². The first kappa shape index (κ1) is 13.5. The van der Waals surface area contributed by atoms with Crippen molar-refractivity contribution in [3.63, 3.8) is 0 Å². The quantitative estimate of drug-likeness (QED) is 0.922. The number of hydrogen-bond acceptors (Lipinski definition) is 4. The lowest BCUT2D eigenvalue weighted by Crippen LogP contribution is -2.49. The fraction of sp³-hybridized carbons (Fsp3) is 0.800. The highest BCUT2D eigenvalue weighted by atomic mass is 32.1. The molecule has 2 fully saturated rings. The molecule has 0 amide bonds. The van der Waals surface area contributed by atoms with E-state index in [0.717, 1.165) is 18.1 Å². The largest absolute Gasteiger partial charge is 0.317 e. The standard InChI is InChI=1S/C15H25N3S/c1-9-15(19-11(3)17-9)10(2)18-13-5-6-14(18)8-12(7-13)16-4/h10,12-14,16H,5-8H2,1-4H3. The number of fused-ring (bicyclic) bond motifs is 2. The average Bonchev–Trinajstić information content (AvgIpc) is 2.85. The van der Waals surface area contributed by atoms with Crippen molar-refractivity contribution >= 4 is 11.3 Å². The van der Waals surface area contributed by atoms with E-state index in [2.05, 4.69) is 43.0 Å². The highest BCUT2D eigenvalue weighted by Gasteiger charge is 2.43. The van der Waals surface area contributed by atoms with Gasteiger partial charge in [-0.15, -0.1) is 11.3 Å². The third kappa shape index (κ3) is 2.34. The molecule has 2 saturated heterocycles. The molecule has 1 N–H and O–H groups in total. The number of nitrogens with one attached hydrogen (secondary N) is 1. The Morgan fingerprint density at radius 2 is 1.89 bits per heavy atom. The number of rotatable bonds is 3. The predicted octanol–water partition coefficient (Wildman–Crippen LogP) is 3.04. The second kappa shape index (κ2) is 5.15. The number of nitrogens with zero attached hydrogens (tertiary/aromatic N) is 2. The molecule has 106 valence electrons. The maximum atomic E-state index is 4.61. The number of aryl methyl sites for hydroxylation is 2. The summed E-state index contributed by atoms with van der Waals surface area (Å²) in [5.41, 5.74) is 1.24. The van der Waals surface area contributed by atoms with Crippen LogP contribution < -0.4 is 5.32 Å². The lowest BCUT2D eigenvalue weighted by Gasteiger charge is -2.42. The Morgan fingerprint density at radius 3 is 2.37 bits per heavy atom. The first-order valence-electron chi connectivity index (χ1n) is 7.48. The van der Waals surface area contributed by atoms with Crippen molar-refractivity contribution in [1.82, 2.24) is 15.2 Å². The Kier molecular flexibility index (Phi) is 3.67. The minimum absolute atomic E-state index is 0.543. The van der Waals surface area contributed by atoms with Crippen molar-refractivity contribution in [2.24, 2.45) is 0 Å². The van der Waals surface area contributed by atoms with Crippen molar-refractivity contribution in [2.75, 3.05) is 7.05 Å². The molecular formula is C15H25N3S. The summed E-state index contributed by atoms with van der Waals surface area (Å²) in [6, 6.07) is 2.81. The fourth-order valence-corrected chi connectivity index (χ4v) is 5.14. The van der Waals surface area contributed by atoms with Crippen LogP contribution in [-0.4, -0.2) is 35.1 Å². The number of thiazole rings is 1. The highest BCUT2D eigenvalue weighted by molar-refractivity contribution is 7.11. The van der Waals surface area contributed by atoms with Crippen molar-refractivity contribution in [3.05, 3.63) is 15.6 Å². The van der Waals surface area contributed by atoms with Gasteiger partial charge in [-0.2, -0.15) is 0 Å². The summed E-state index contributed by atoms with van der Waals surface area (Å²) >= 11 is 1.89. The SMILES string of the molecule is CNC1CC2CCC(C1)N2C(C)c1sc(C)nc1C. The Hall–Kier alpha value is -0.450. The van der Waals surface area contributed by atoms with E-state index in [1.165, 1.54) is 41.3 Å². The van der Waals surface area contributed by atoms with Crippen LogP contribution in [0.3, 0.4) is 0 Å². The smallest absolute Gasteiger partial charge is 0.0900 e. The van der Waals surface area contributed by atoms with Crippen LogP contribution >= 0.6 is 11.3 Å². The van der Waals surface area contributed by atoms with Crippen LogP contribution in [0, 0.1) is 13.8 Å². The molecule has 2 aliphatic heterocycles. The predicted molar refractivity (Wildman–Crippen MR) is 80.7 cm³/mol. The molecule has 1 aromatic rings. The van der Waals surface area contributed by atoms with E-state index >= 15 is 0 Å². The van der Waals surface area contributed by atoms with Gasteiger partial charge in [0.1, 0.15) is 0 Å². The molecule has 3 atom stereocenters. The fourth-order valence-electron chi connectivity index (χ4n) is 4.15. The van der Waals surface area contributed by atoms with Gasteiger partial charge in [0.25, 0.3) is 0 Å². The van der Waals surface area contributed by atoms with Crippen LogP contribution in [0.15, 0.2) is 0 Å². The molecule has 3 heterocycles. The van der Waals surface area contributed by atoms with Crippen molar-refractivity contribution in [1.29, 1.82) is 0 Å². The molecule has 4 heteroatoms. The molecule has 3 rings (SSSR count). The summed E-state index contributed by atoms with van der Waals surface area (Å²) in [6.07, 6.45) is 5.39. The molecule has 3 unspecified atom stereocenters. The van der Waals surface area contributed by atoms with E-state index in [0.29, 0.717) is 6.04 Å². The summed E-state index contributed by atoms with van der Waals surface area (Å²) in [7, 11) is 2.11. The van der Waals surface area contributed by atoms with Gasteiger partial charge in [-0.1, -0.05) is 0 Å². The second-order valence-corrected chi connectivity index (χ2v) is 7.38. The Bertz CT molecular complexity index is 442. The van der Waals surface area contributed by atoms with Crippen LogP contribution in [0.5, 0.6) is 0 Å². The van der Waals surface area contributed by atoms with Crippen LogP contribution in [-0.2, 0) is 0 Å². The van der Waals surface area contributed by atoms with E-state index in [9.17, 15) is 0 Å². The first-order chi connectivity index (χ1) is 9.10. The molecular weight excluding hydrogens is 254 g/mol. The molecule has 2 aliphatic rings. The molecule has 0 saturated carbocycles.